The third-order valence-corrected chi connectivity index (χ3v) is 5.89. The number of nitrogens with one attached hydrogen (secondary N) is 1. The highest BCUT2D eigenvalue weighted by molar-refractivity contribution is 7.89. The van der Waals surface area contributed by atoms with Gasteiger partial charge in [0, 0.05) is 13.1 Å². The van der Waals surface area contributed by atoms with Gasteiger partial charge < -0.3 is 10.1 Å². The molecule has 1 aliphatic rings. The summed E-state index contributed by atoms with van der Waals surface area (Å²) in [6.07, 6.45) is -0.541. The molecule has 2 aromatic carbocycles. The second-order valence-corrected chi connectivity index (χ2v) is 7.98. The molecule has 1 amide bonds. The molecule has 2 aromatic rings. The first-order valence-corrected chi connectivity index (χ1v) is 9.43. The molecule has 1 heterocycles. The maximum atomic E-state index is 12.4. The van der Waals surface area contributed by atoms with Crippen molar-refractivity contribution < 1.29 is 17.9 Å². The number of aryl methyl sites for hydroxylation is 1. The quantitative estimate of drug-likeness (QED) is 0.888. The van der Waals surface area contributed by atoms with Gasteiger partial charge in [-0.2, -0.15) is 4.31 Å². The first-order valence-electron chi connectivity index (χ1n) is 7.99. The van der Waals surface area contributed by atoms with Crippen molar-refractivity contribution in [3.05, 3.63) is 65.7 Å². The Labute approximate surface area is 147 Å². The Morgan fingerprint density at radius 1 is 1.12 bits per heavy atom. The van der Waals surface area contributed by atoms with Crippen LogP contribution in [0.4, 0.5) is 4.79 Å². The van der Waals surface area contributed by atoms with Crippen molar-refractivity contribution in [2.75, 3.05) is 13.1 Å². The lowest BCUT2D eigenvalue weighted by Gasteiger charge is -2.38. The molecule has 0 bridgehead atoms. The van der Waals surface area contributed by atoms with Gasteiger partial charge in [-0.1, -0.05) is 48.0 Å². The number of carbonyl (C=O) groups is 1. The van der Waals surface area contributed by atoms with Gasteiger partial charge in [-0.25, -0.2) is 13.2 Å². The van der Waals surface area contributed by atoms with Gasteiger partial charge >= 0.3 is 6.09 Å². The highest BCUT2D eigenvalue weighted by Crippen LogP contribution is 2.21. The lowest BCUT2D eigenvalue weighted by atomic mass is 10.2. The molecule has 6 nitrogen and oxygen atoms in total. The van der Waals surface area contributed by atoms with Crippen molar-refractivity contribution in [3.8, 4) is 0 Å². The van der Waals surface area contributed by atoms with Crippen LogP contribution in [0.5, 0.6) is 0 Å². The Hall–Kier alpha value is -2.38. The molecule has 1 N–H and O–H groups in total. The molecular weight excluding hydrogens is 340 g/mol. The average Bonchev–Trinajstić information content (AvgIpc) is 2.57. The zero-order chi connectivity index (χ0) is 17.9. The first-order chi connectivity index (χ1) is 11.9. The number of benzene rings is 2. The van der Waals surface area contributed by atoms with E-state index in [9.17, 15) is 13.2 Å². The van der Waals surface area contributed by atoms with E-state index in [1.54, 1.807) is 24.3 Å². The third kappa shape index (κ3) is 4.18. The highest BCUT2D eigenvalue weighted by atomic mass is 32.2. The summed E-state index contributed by atoms with van der Waals surface area (Å²) in [5.41, 5.74) is 1.90. The van der Waals surface area contributed by atoms with Crippen LogP contribution in [0.2, 0.25) is 0 Å². The maximum absolute atomic E-state index is 12.4. The summed E-state index contributed by atoms with van der Waals surface area (Å²) in [5, 5.41) is 2.68. The van der Waals surface area contributed by atoms with Crippen LogP contribution in [0.3, 0.4) is 0 Å². The third-order valence-electron chi connectivity index (χ3n) is 4.04. The molecule has 0 unspecified atom stereocenters. The predicted molar refractivity (Wildman–Crippen MR) is 93.5 cm³/mol. The van der Waals surface area contributed by atoms with Crippen LogP contribution in [0, 0.1) is 6.92 Å². The van der Waals surface area contributed by atoms with E-state index in [1.165, 1.54) is 4.31 Å². The molecule has 0 aliphatic carbocycles. The first kappa shape index (κ1) is 17.4. The minimum Gasteiger partial charge on any atom is -0.445 e. The zero-order valence-electron chi connectivity index (χ0n) is 13.9. The Morgan fingerprint density at radius 2 is 1.76 bits per heavy atom. The van der Waals surface area contributed by atoms with Crippen molar-refractivity contribution in [2.45, 2.75) is 24.5 Å². The summed E-state index contributed by atoms with van der Waals surface area (Å²) in [7, 11) is -3.50. The lowest BCUT2D eigenvalue weighted by molar-refractivity contribution is 0.123. The number of carbonyl (C=O) groups excluding carboxylic acids is 1. The monoisotopic (exact) mass is 360 g/mol. The smallest absolute Gasteiger partial charge is 0.407 e. The molecule has 0 atom stereocenters. The summed E-state index contributed by atoms with van der Waals surface area (Å²) < 4.78 is 31.4. The van der Waals surface area contributed by atoms with Crippen LogP contribution < -0.4 is 5.32 Å². The second kappa shape index (κ2) is 7.25. The van der Waals surface area contributed by atoms with E-state index in [4.69, 9.17) is 4.74 Å². The van der Waals surface area contributed by atoms with Gasteiger partial charge in [-0.05, 0) is 24.6 Å². The topological polar surface area (TPSA) is 75.7 Å². The van der Waals surface area contributed by atoms with Crippen LogP contribution in [0.1, 0.15) is 11.1 Å². The van der Waals surface area contributed by atoms with E-state index in [0.717, 1.165) is 11.1 Å². The molecular formula is C18H20N2O4S. The summed E-state index contributed by atoms with van der Waals surface area (Å²) in [6, 6.07) is 15.9. The average molecular weight is 360 g/mol. The van der Waals surface area contributed by atoms with Gasteiger partial charge in [0.25, 0.3) is 0 Å². The fraction of sp³-hybridized carbons (Fsp3) is 0.278. The summed E-state index contributed by atoms with van der Waals surface area (Å²) in [5.74, 6) is 0. The number of hydrogen-bond donors (Lipinski definition) is 1. The van der Waals surface area contributed by atoms with Gasteiger partial charge in [0.1, 0.15) is 6.61 Å². The van der Waals surface area contributed by atoms with E-state index < -0.39 is 16.1 Å². The maximum Gasteiger partial charge on any atom is 0.407 e. The largest absolute Gasteiger partial charge is 0.445 e. The van der Waals surface area contributed by atoms with E-state index in [1.807, 2.05) is 37.3 Å². The Kier molecular flexibility index (Phi) is 5.06. The van der Waals surface area contributed by atoms with E-state index in [-0.39, 0.29) is 30.6 Å². The molecule has 25 heavy (non-hydrogen) atoms. The summed E-state index contributed by atoms with van der Waals surface area (Å²) >= 11 is 0. The van der Waals surface area contributed by atoms with Gasteiger partial charge in [0.2, 0.25) is 10.0 Å². The minimum atomic E-state index is -3.50. The molecule has 1 fully saturated rings. The van der Waals surface area contributed by atoms with E-state index >= 15 is 0 Å². The van der Waals surface area contributed by atoms with Gasteiger partial charge in [0.05, 0.1) is 10.9 Å². The number of ether oxygens (including phenoxy) is 1. The number of rotatable bonds is 5. The number of alkyl carbamates (subject to hydrolysis) is 1. The van der Waals surface area contributed by atoms with Crippen molar-refractivity contribution >= 4 is 16.1 Å². The summed E-state index contributed by atoms with van der Waals surface area (Å²) in [6.45, 7) is 2.58. The molecule has 132 valence electrons. The van der Waals surface area contributed by atoms with Gasteiger partial charge in [-0.3, -0.25) is 0 Å². The zero-order valence-corrected chi connectivity index (χ0v) is 14.7. The molecule has 3 rings (SSSR count). The number of sulfonamides is 1. The molecule has 1 saturated heterocycles. The SMILES string of the molecule is Cc1ccc(S(=O)(=O)N2CC(NC(=O)OCc3ccccc3)C2)cc1. The van der Waals surface area contributed by atoms with Crippen LogP contribution in [-0.2, 0) is 21.4 Å². The number of hydrogen-bond acceptors (Lipinski definition) is 4. The lowest BCUT2D eigenvalue weighted by Crippen LogP contribution is -2.60. The minimum absolute atomic E-state index is 0.185. The normalized spacial score (nSPS) is 15.4. The second-order valence-electron chi connectivity index (χ2n) is 6.04. The molecule has 7 heteroatoms. The molecule has 0 aromatic heterocycles. The van der Waals surface area contributed by atoms with Crippen LogP contribution in [0.25, 0.3) is 0 Å². The van der Waals surface area contributed by atoms with Crippen LogP contribution >= 0.6 is 0 Å². The van der Waals surface area contributed by atoms with Crippen LogP contribution in [0.15, 0.2) is 59.5 Å². The molecule has 0 spiro atoms. The van der Waals surface area contributed by atoms with Crippen molar-refractivity contribution in [3.63, 3.8) is 0 Å². The number of amides is 1. The molecule has 0 radical (unpaired) electrons. The molecule has 0 saturated carbocycles. The van der Waals surface area contributed by atoms with E-state index in [0.29, 0.717) is 0 Å². The van der Waals surface area contributed by atoms with Gasteiger partial charge in [-0.15, -0.1) is 0 Å². The van der Waals surface area contributed by atoms with Crippen LogP contribution in [-0.4, -0.2) is 37.9 Å². The fourth-order valence-electron chi connectivity index (χ4n) is 2.52. The number of nitrogens with zero attached hydrogens (tertiary/aromatic N) is 1. The van der Waals surface area contributed by atoms with Crippen molar-refractivity contribution in [1.82, 2.24) is 9.62 Å². The van der Waals surface area contributed by atoms with E-state index in [2.05, 4.69) is 5.32 Å². The molecule has 1 aliphatic heterocycles. The Balaban J connectivity index is 1.47. The van der Waals surface area contributed by atoms with Crippen molar-refractivity contribution in [2.24, 2.45) is 0 Å². The Morgan fingerprint density at radius 3 is 2.40 bits per heavy atom. The standard InChI is InChI=1S/C18H20N2O4S/c1-14-7-9-17(10-8-14)25(22,23)20-11-16(12-20)19-18(21)24-13-15-5-3-2-4-6-15/h2-10,16H,11-13H2,1H3,(H,19,21). The highest BCUT2D eigenvalue weighted by Gasteiger charge is 2.37. The summed E-state index contributed by atoms with van der Waals surface area (Å²) in [4.78, 5) is 12.0. The van der Waals surface area contributed by atoms with Gasteiger partial charge in [0.15, 0.2) is 0 Å². The van der Waals surface area contributed by atoms with Crippen molar-refractivity contribution in [1.29, 1.82) is 0 Å². The Bertz CT molecular complexity index is 829. The fourth-order valence-corrected chi connectivity index (χ4v) is 4.05. The predicted octanol–water partition coefficient (Wildman–Crippen LogP) is 2.29.